The number of halogens is 2. The molecule has 0 saturated carbocycles. The van der Waals surface area contributed by atoms with Gasteiger partial charge >= 0.3 is 0 Å². The van der Waals surface area contributed by atoms with Crippen molar-refractivity contribution in [3.63, 3.8) is 0 Å². The van der Waals surface area contributed by atoms with E-state index in [2.05, 4.69) is 15.6 Å². The van der Waals surface area contributed by atoms with Gasteiger partial charge in [0, 0.05) is 38.4 Å². The van der Waals surface area contributed by atoms with Gasteiger partial charge in [-0.05, 0) is 29.5 Å². The average molecular weight is 604 g/mol. The van der Waals surface area contributed by atoms with Crippen molar-refractivity contribution in [2.45, 2.75) is 77.2 Å². The lowest BCUT2D eigenvalue weighted by Gasteiger charge is -2.36. The van der Waals surface area contributed by atoms with Crippen LogP contribution in [-0.2, 0) is 38.8 Å². The highest BCUT2D eigenvalue weighted by atomic mass is 35.5. The van der Waals surface area contributed by atoms with E-state index in [1.807, 2.05) is 48.5 Å². The van der Waals surface area contributed by atoms with Crippen LogP contribution in [0.5, 0.6) is 0 Å². The Morgan fingerprint density at radius 1 is 0.976 bits per heavy atom. The second kappa shape index (κ2) is 15.3. The Morgan fingerprint density at radius 3 is 2.34 bits per heavy atom. The molecule has 1 fully saturated rings. The first-order valence-electron chi connectivity index (χ1n) is 13.8. The standard InChI is InChI=1S/C30H36Cl2N4O5/c1-20(38)33-14-4-2-3-5-27(39)34-16-21-6-12-24(13-7-21)30-40-25(17-36-19-35-28(31)29(36)32)15-26(41-30)23-10-8-22(18-37)9-11-23/h6-13,19,25-26,30,37H,2-5,14-18H2,1H3,(H,33,38)(H,34,39)/t25-,26+,30+/m0/s1. The summed E-state index contributed by atoms with van der Waals surface area (Å²) in [6, 6.07) is 15.5. The number of nitrogens with zero attached hydrogens (tertiary/aromatic N) is 2. The maximum Gasteiger partial charge on any atom is 0.220 e. The first kappa shape index (κ1) is 31.0. The third-order valence-corrected chi connectivity index (χ3v) is 7.71. The van der Waals surface area contributed by atoms with Gasteiger partial charge in [-0.25, -0.2) is 4.98 Å². The Kier molecular flexibility index (Phi) is 11.6. The minimum Gasteiger partial charge on any atom is -0.392 e. The molecule has 2 amide bonds. The summed E-state index contributed by atoms with van der Waals surface area (Å²) in [5, 5.41) is 15.8. The summed E-state index contributed by atoms with van der Waals surface area (Å²) in [7, 11) is 0. The maximum absolute atomic E-state index is 12.2. The number of aromatic nitrogens is 2. The van der Waals surface area contributed by atoms with Crippen LogP contribution in [0, 0.1) is 0 Å². The van der Waals surface area contributed by atoms with Gasteiger partial charge in [0.1, 0.15) is 5.15 Å². The lowest BCUT2D eigenvalue weighted by molar-refractivity contribution is -0.252. The minimum atomic E-state index is -0.616. The summed E-state index contributed by atoms with van der Waals surface area (Å²) in [6.45, 7) is 3.01. The van der Waals surface area contributed by atoms with E-state index >= 15 is 0 Å². The van der Waals surface area contributed by atoms with Crippen LogP contribution in [0.3, 0.4) is 0 Å². The quantitative estimate of drug-likeness (QED) is 0.230. The van der Waals surface area contributed by atoms with Gasteiger partial charge in [0.05, 0.1) is 31.7 Å². The number of benzene rings is 2. The second-order valence-corrected chi connectivity index (χ2v) is 10.9. The van der Waals surface area contributed by atoms with Gasteiger partial charge in [-0.3, -0.25) is 9.59 Å². The number of carbonyl (C=O) groups excluding carboxylic acids is 2. The molecule has 1 saturated heterocycles. The Labute approximate surface area is 250 Å². The smallest absolute Gasteiger partial charge is 0.220 e. The van der Waals surface area contributed by atoms with Crippen molar-refractivity contribution in [3.05, 3.63) is 87.4 Å². The summed E-state index contributed by atoms with van der Waals surface area (Å²) < 4.78 is 14.5. The zero-order valence-electron chi connectivity index (χ0n) is 23.0. The molecular weight excluding hydrogens is 567 g/mol. The lowest BCUT2D eigenvalue weighted by atomic mass is 10.00. The molecule has 0 spiro atoms. The van der Waals surface area contributed by atoms with E-state index < -0.39 is 6.29 Å². The van der Waals surface area contributed by atoms with Gasteiger partial charge in [-0.2, -0.15) is 0 Å². The van der Waals surface area contributed by atoms with E-state index in [4.69, 9.17) is 32.7 Å². The first-order chi connectivity index (χ1) is 19.8. The molecule has 41 heavy (non-hydrogen) atoms. The highest BCUT2D eigenvalue weighted by Gasteiger charge is 2.32. The molecule has 0 aliphatic carbocycles. The van der Waals surface area contributed by atoms with Crippen LogP contribution in [0.2, 0.25) is 10.3 Å². The molecule has 2 heterocycles. The van der Waals surface area contributed by atoms with Crippen LogP contribution in [0.4, 0.5) is 0 Å². The van der Waals surface area contributed by atoms with Crippen LogP contribution >= 0.6 is 23.2 Å². The lowest BCUT2D eigenvalue weighted by Crippen LogP contribution is -2.32. The molecule has 0 unspecified atom stereocenters. The van der Waals surface area contributed by atoms with E-state index in [9.17, 15) is 14.7 Å². The molecule has 4 rings (SSSR count). The van der Waals surface area contributed by atoms with E-state index in [-0.39, 0.29) is 35.8 Å². The van der Waals surface area contributed by atoms with Gasteiger partial charge < -0.3 is 29.8 Å². The third-order valence-electron chi connectivity index (χ3n) is 6.94. The fraction of sp³-hybridized carbons (Fsp3) is 0.433. The molecule has 220 valence electrons. The second-order valence-electron chi connectivity index (χ2n) is 10.1. The van der Waals surface area contributed by atoms with Crippen LogP contribution < -0.4 is 10.6 Å². The van der Waals surface area contributed by atoms with Gasteiger partial charge in [0.25, 0.3) is 0 Å². The zero-order valence-corrected chi connectivity index (χ0v) is 24.5. The monoisotopic (exact) mass is 602 g/mol. The number of hydrogen-bond donors (Lipinski definition) is 3. The van der Waals surface area contributed by atoms with Crippen molar-refractivity contribution in [1.82, 2.24) is 20.2 Å². The Morgan fingerprint density at radius 2 is 1.68 bits per heavy atom. The van der Waals surface area contributed by atoms with Crippen molar-refractivity contribution in [2.24, 2.45) is 0 Å². The van der Waals surface area contributed by atoms with Crippen molar-refractivity contribution in [3.8, 4) is 0 Å². The zero-order chi connectivity index (χ0) is 29.2. The van der Waals surface area contributed by atoms with Crippen molar-refractivity contribution in [2.75, 3.05) is 6.54 Å². The number of aliphatic hydroxyl groups is 1. The van der Waals surface area contributed by atoms with Crippen LogP contribution in [0.15, 0.2) is 54.9 Å². The number of amides is 2. The molecule has 0 radical (unpaired) electrons. The number of aliphatic hydroxyl groups excluding tert-OH is 1. The molecule has 1 aliphatic heterocycles. The average Bonchev–Trinajstić information content (AvgIpc) is 3.30. The Balaban J connectivity index is 1.35. The molecule has 0 bridgehead atoms. The van der Waals surface area contributed by atoms with Crippen molar-refractivity contribution < 1.29 is 24.2 Å². The summed E-state index contributed by atoms with van der Waals surface area (Å²) >= 11 is 12.4. The summed E-state index contributed by atoms with van der Waals surface area (Å²) in [5.74, 6) is -0.0305. The summed E-state index contributed by atoms with van der Waals surface area (Å²) in [5.41, 5.74) is 3.65. The topological polar surface area (TPSA) is 115 Å². The Bertz CT molecular complexity index is 1280. The highest BCUT2D eigenvalue weighted by Crippen LogP contribution is 2.39. The van der Waals surface area contributed by atoms with E-state index in [1.54, 1.807) is 10.9 Å². The molecule has 1 aromatic heterocycles. The number of rotatable bonds is 13. The number of nitrogens with one attached hydrogen (secondary N) is 2. The molecule has 2 aromatic carbocycles. The predicted octanol–water partition coefficient (Wildman–Crippen LogP) is 5.24. The van der Waals surface area contributed by atoms with Crippen molar-refractivity contribution in [1.29, 1.82) is 0 Å². The number of hydrogen-bond acceptors (Lipinski definition) is 6. The Hall–Kier alpha value is -2.95. The molecular formula is C30H36Cl2N4O5. The number of unbranched alkanes of at least 4 members (excludes halogenated alkanes) is 2. The number of carbonyl (C=O) groups is 2. The van der Waals surface area contributed by atoms with Crippen molar-refractivity contribution >= 4 is 35.0 Å². The fourth-order valence-electron chi connectivity index (χ4n) is 4.66. The largest absolute Gasteiger partial charge is 0.392 e. The first-order valence-corrected chi connectivity index (χ1v) is 14.5. The molecule has 3 atom stereocenters. The molecule has 9 nitrogen and oxygen atoms in total. The molecule has 1 aliphatic rings. The highest BCUT2D eigenvalue weighted by molar-refractivity contribution is 6.40. The minimum absolute atomic E-state index is 0.00344. The molecule has 3 N–H and O–H groups in total. The van der Waals surface area contributed by atoms with Crippen LogP contribution in [0.25, 0.3) is 0 Å². The summed E-state index contributed by atoms with van der Waals surface area (Å²) in [4.78, 5) is 27.2. The predicted molar refractivity (Wildman–Crippen MR) is 156 cm³/mol. The molecule has 11 heteroatoms. The fourth-order valence-corrected chi connectivity index (χ4v) is 4.97. The van der Waals surface area contributed by atoms with E-state index in [1.165, 1.54) is 6.92 Å². The summed E-state index contributed by atoms with van der Waals surface area (Å²) in [6.07, 6.45) is 4.10. The number of imidazole rings is 1. The third kappa shape index (κ3) is 9.28. The van der Waals surface area contributed by atoms with Crippen LogP contribution in [-0.4, -0.2) is 39.1 Å². The molecule has 3 aromatic rings. The van der Waals surface area contributed by atoms with Crippen LogP contribution in [0.1, 0.15) is 73.7 Å². The van der Waals surface area contributed by atoms with E-state index in [0.29, 0.717) is 37.6 Å². The SMILES string of the molecule is CC(=O)NCCCCCC(=O)NCc1ccc([C@@H]2O[C@H](Cn3cnc(Cl)c3Cl)C[C@H](c3ccc(CO)cc3)O2)cc1. The van der Waals surface area contributed by atoms with Gasteiger partial charge in [0.2, 0.25) is 11.8 Å². The van der Waals surface area contributed by atoms with Gasteiger partial charge in [-0.1, -0.05) is 78.2 Å². The maximum atomic E-state index is 12.2. The van der Waals surface area contributed by atoms with Gasteiger partial charge in [-0.15, -0.1) is 0 Å². The number of ether oxygens (including phenoxy) is 2. The van der Waals surface area contributed by atoms with Gasteiger partial charge in [0.15, 0.2) is 11.4 Å². The van der Waals surface area contributed by atoms with E-state index in [0.717, 1.165) is 41.5 Å². The normalized spacial score (nSPS) is 18.7.